The summed E-state index contributed by atoms with van der Waals surface area (Å²) in [7, 11) is 0. The summed E-state index contributed by atoms with van der Waals surface area (Å²) < 4.78 is 11.6. The van der Waals surface area contributed by atoms with Crippen molar-refractivity contribution in [3.8, 4) is 5.75 Å². The van der Waals surface area contributed by atoms with Crippen molar-refractivity contribution < 1.29 is 9.15 Å². The summed E-state index contributed by atoms with van der Waals surface area (Å²) in [6.07, 6.45) is 0. The molecule has 3 aromatic rings. The standard InChI is InChI=1S/C17H14O3/c1-9-7-12-15-13(8-9)20-17(2,3)11-6-4-5-10(14(11)15)16(18)19-12/h4-8H,1-3H3. The summed E-state index contributed by atoms with van der Waals surface area (Å²) in [6.45, 7) is 6.01. The molecule has 0 amide bonds. The van der Waals surface area contributed by atoms with Crippen LogP contribution in [0.15, 0.2) is 39.5 Å². The molecule has 0 aliphatic carbocycles. The van der Waals surface area contributed by atoms with Crippen molar-refractivity contribution in [2.24, 2.45) is 0 Å². The van der Waals surface area contributed by atoms with Crippen LogP contribution < -0.4 is 10.4 Å². The van der Waals surface area contributed by atoms with E-state index < -0.39 is 5.60 Å². The average molecular weight is 266 g/mol. The Labute approximate surface area is 115 Å². The van der Waals surface area contributed by atoms with Gasteiger partial charge in [0.25, 0.3) is 0 Å². The fourth-order valence-electron chi connectivity index (χ4n) is 3.11. The summed E-state index contributed by atoms with van der Waals surface area (Å²) in [4.78, 5) is 12.2. The highest BCUT2D eigenvalue weighted by Crippen LogP contribution is 2.44. The van der Waals surface area contributed by atoms with Gasteiger partial charge in [-0.15, -0.1) is 0 Å². The van der Waals surface area contributed by atoms with Crippen LogP contribution in [0.3, 0.4) is 0 Å². The van der Waals surface area contributed by atoms with Gasteiger partial charge in [-0.25, -0.2) is 4.79 Å². The van der Waals surface area contributed by atoms with Crippen LogP contribution >= 0.6 is 0 Å². The molecule has 3 heteroatoms. The monoisotopic (exact) mass is 266 g/mol. The molecule has 0 saturated carbocycles. The van der Waals surface area contributed by atoms with Gasteiger partial charge in [0.2, 0.25) is 0 Å². The summed E-state index contributed by atoms with van der Waals surface area (Å²) in [6, 6.07) is 9.60. The van der Waals surface area contributed by atoms with Gasteiger partial charge in [-0.05, 0) is 44.5 Å². The van der Waals surface area contributed by atoms with Crippen molar-refractivity contribution in [1.82, 2.24) is 0 Å². The minimum atomic E-state index is -0.457. The van der Waals surface area contributed by atoms with Crippen molar-refractivity contribution >= 4 is 21.7 Å². The lowest BCUT2D eigenvalue weighted by molar-refractivity contribution is 0.110. The quantitative estimate of drug-likeness (QED) is 0.458. The molecular formula is C17H14O3. The Hall–Kier alpha value is -2.29. The van der Waals surface area contributed by atoms with Crippen molar-refractivity contribution in [3.05, 3.63) is 51.9 Å². The first-order valence-electron chi connectivity index (χ1n) is 6.67. The highest BCUT2D eigenvalue weighted by atomic mass is 16.5. The summed E-state index contributed by atoms with van der Waals surface area (Å²) in [5, 5.41) is 2.49. The van der Waals surface area contributed by atoms with Gasteiger partial charge in [-0.2, -0.15) is 0 Å². The molecule has 20 heavy (non-hydrogen) atoms. The van der Waals surface area contributed by atoms with E-state index in [4.69, 9.17) is 9.15 Å². The lowest BCUT2D eigenvalue weighted by atomic mass is 9.88. The first-order valence-corrected chi connectivity index (χ1v) is 6.67. The Morgan fingerprint density at radius 1 is 1.10 bits per heavy atom. The van der Waals surface area contributed by atoms with Gasteiger partial charge in [0.05, 0.1) is 10.8 Å². The SMILES string of the molecule is Cc1cc2c3c(c1)oc(=O)c1cccc(c13)C(C)(C)O2. The fourth-order valence-corrected chi connectivity index (χ4v) is 3.11. The van der Waals surface area contributed by atoms with Crippen LogP contribution in [0.2, 0.25) is 0 Å². The molecule has 0 saturated heterocycles. The zero-order chi connectivity index (χ0) is 14.1. The van der Waals surface area contributed by atoms with E-state index in [0.717, 1.165) is 27.6 Å². The van der Waals surface area contributed by atoms with Crippen molar-refractivity contribution in [1.29, 1.82) is 0 Å². The van der Waals surface area contributed by atoms with E-state index in [1.165, 1.54) is 0 Å². The molecule has 1 aliphatic rings. The second-order valence-electron chi connectivity index (χ2n) is 5.87. The maximum Gasteiger partial charge on any atom is 0.344 e. The van der Waals surface area contributed by atoms with Crippen LogP contribution in [0.1, 0.15) is 25.0 Å². The molecule has 0 bridgehead atoms. The van der Waals surface area contributed by atoms with Gasteiger partial charge in [0, 0.05) is 10.9 Å². The second-order valence-corrected chi connectivity index (χ2v) is 5.87. The molecule has 0 N–H and O–H groups in total. The molecule has 0 spiro atoms. The minimum Gasteiger partial charge on any atom is -0.482 e. The Morgan fingerprint density at radius 2 is 1.90 bits per heavy atom. The number of ether oxygens (including phenoxy) is 1. The maximum atomic E-state index is 12.2. The topological polar surface area (TPSA) is 39.4 Å². The van der Waals surface area contributed by atoms with Crippen LogP contribution in [0.5, 0.6) is 5.75 Å². The molecule has 3 nitrogen and oxygen atoms in total. The third-order valence-electron chi connectivity index (χ3n) is 3.96. The minimum absolute atomic E-state index is 0.288. The second kappa shape index (κ2) is 3.42. The first-order chi connectivity index (χ1) is 9.47. The molecule has 0 atom stereocenters. The predicted molar refractivity (Wildman–Crippen MR) is 78.4 cm³/mol. The maximum absolute atomic E-state index is 12.2. The summed E-state index contributed by atoms with van der Waals surface area (Å²) in [5.41, 5.74) is 1.90. The molecule has 4 rings (SSSR count). The lowest BCUT2D eigenvalue weighted by Gasteiger charge is -2.33. The molecule has 0 fully saturated rings. The van der Waals surface area contributed by atoms with E-state index in [0.29, 0.717) is 11.0 Å². The normalized spacial score (nSPS) is 15.8. The Kier molecular flexibility index (Phi) is 1.97. The summed E-state index contributed by atoms with van der Waals surface area (Å²) >= 11 is 0. The smallest absolute Gasteiger partial charge is 0.344 e. The Morgan fingerprint density at radius 3 is 2.70 bits per heavy atom. The molecule has 1 aromatic heterocycles. The predicted octanol–water partition coefficient (Wildman–Crippen LogP) is 3.88. The molecule has 100 valence electrons. The van der Waals surface area contributed by atoms with E-state index >= 15 is 0 Å². The number of rotatable bonds is 0. The third-order valence-corrected chi connectivity index (χ3v) is 3.96. The van der Waals surface area contributed by atoms with E-state index in [2.05, 4.69) is 0 Å². The van der Waals surface area contributed by atoms with Gasteiger partial charge in [0.15, 0.2) is 0 Å². The van der Waals surface area contributed by atoms with Crippen molar-refractivity contribution in [2.75, 3.05) is 0 Å². The van der Waals surface area contributed by atoms with Crippen LogP contribution in [-0.2, 0) is 5.60 Å². The zero-order valence-corrected chi connectivity index (χ0v) is 11.6. The molecule has 1 aliphatic heterocycles. The molecule has 0 unspecified atom stereocenters. The zero-order valence-electron chi connectivity index (χ0n) is 11.6. The number of hydrogen-bond donors (Lipinski definition) is 0. The van der Waals surface area contributed by atoms with Crippen LogP contribution in [-0.4, -0.2) is 0 Å². The molecule has 2 heterocycles. The first kappa shape index (κ1) is 11.5. The number of benzene rings is 2. The fraction of sp³-hybridized carbons (Fsp3) is 0.235. The lowest BCUT2D eigenvalue weighted by Crippen LogP contribution is -2.28. The van der Waals surface area contributed by atoms with E-state index in [1.807, 2.05) is 51.1 Å². The Balaban J connectivity index is 2.40. The van der Waals surface area contributed by atoms with E-state index in [-0.39, 0.29) is 5.63 Å². The van der Waals surface area contributed by atoms with Gasteiger partial charge in [-0.3, -0.25) is 0 Å². The largest absolute Gasteiger partial charge is 0.482 e. The third kappa shape index (κ3) is 1.32. The highest BCUT2D eigenvalue weighted by Gasteiger charge is 2.32. The molecule has 2 aromatic carbocycles. The van der Waals surface area contributed by atoms with Crippen LogP contribution in [0.25, 0.3) is 21.7 Å². The van der Waals surface area contributed by atoms with Crippen LogP contribution in [0, 0.1) is 6.92 Å². The number of hydrogen-bond acceptors (Lipinski definition) is 3. The molecular weight excluding hydrogens is 252 g/mol. The number of aryl methyl sites for hydroxylation is 1. The van der Waals surface area contributed by atoms with Gasteiger partial charge < -0.3 is 9.15 Å². The van der Waals surface area contributed by atoms with Crippen molar-refractivity contribution in [2.45, 2.75) is 26.4 Å². The average Bonchev–Trinajstić information content (AvgIpc) is 2.36. The summed E-state index contributed by atoms with van der Waals surface area (Å²) in [5.74, 6) is 0.789. The Bertz CT molecular complexity index is 932. The van der Waals surface area contributed by atoms with Crippen LogP contribution in [0.4, 0.5) is 0 Å². The molecule has 0 radical (unpaired) electrons. The highest BCUT2D eigenvalue weighted by molar-refractivity contribution is 6.10. The van der Waals surface area contributed by atoms with Gasteiger partial charge >= 0.3 is 5.63 Å². The van der Waals surface area contributed by atoms with E-state index in [1.54, 1.807) is 0 Å². The van der Waals surface area contributed by atoms with E-state index in [9.17, 15) is 4.79 Å². The van der Waals surface area contributed by atoms with Crippen molar-refractivity contribution in [3.63, 3.8) is 0 Å². The van der Waals surface area contributed by atoms with Gasteiger partial charge in [0.1, 0.15) is 16.9 Å². The van der Waals surface area contributed by atoms with Gasteiger partial charge in [-0.1, -0.05) is 12.1 Å².